The first kappa shape index (κ1) is 25.3. The average Bonchev–Trinajstić information content (AvgIpc) is 3.38. The predicted molar refractivity (Wildman–Crippen MR) is 140 cm³/mol. The second-order valence-corrected chi connectivity index (χ2v) is 12.6. The van der Waals surface area contributed by atoms with Gasteiger partial charge in [-0.2, -0.15) is 0 Å². The number of hydrogen-bond donors (Lipinski definition) is 0. The number of rotatable bonds is 4. The Balaban J connectivity index is 1.33. The minimum absolute atomic E-state index is 0.0201. The maximum absolute atomic E-state index is 13.5. The van der Waals surface area contributed by atoms with E-state index in [0.717, 1.165) is 56.2 Å². The highest BCUT2D eigenvalue weighted by molar-refractivity contribution is 6.08. The minimum Gasteiger partial charge on any atom is -0.462 e. The fraction of sp³-hybridized carbons (Fsp3) is 0.633. The maximum Gasteiger partial charge on any atom is 0.302 e. The molecule has 8 heteroatoms. The molecule has 5 aliphatic rings. The first-order valence-electron chi connectivity index (χ1n) is 13.9. The van der Waals surface area contributed by atoms with E-state index in [2.05, 4.69) is 25.1 Å². The Labute approximate surface area is 223 Å². The summed E-state index contributed by atoms with van der Waals surface area (Å²) in [6.07, 6.45) is 8.81. The number of benzene rings is 1. The summed E-state index contributed by atoms with van der Waals surface area (Å²) in [7, 11) is 0. The summed E-state index contributed by atoms with van der Waals surface area (Å²) in [5.41, 5.74) is 1.72. The molecule has 0 unspecified atom stereocenters. The molecule has 0 saturated heterocycles. The zero-order valence-corrected chi connectivity index (χ0v) is 22.6. The Morgan fingerprint density at radius 1 is 1.11 bits per heavy atom. The molecule has 8 atom stereocenters. The summed E-state index contributed by atoms with van der Waals surface area (Å²) < 4.78 is 5.59. The van der Waals surface area contributed by atoms with Crippen LogP contribution in [0.2, 0.25) is 0 Å². The SMILES string of the molecule is CC(=O)O[C@H]1CC[C@@]2(C)C(=CC[C@@H]3[C@@H]2CC[C@@]2(C)[C@H]3C[C@H]3C(c4ccc([N+](=O)[O-])cc4)=NO[C@]32C(C)=O)C1. The van der Waals surface area contributed by atoms with Crippen molar-refractivity contribution in [3.8, 4) is 0 Å². The van der Waals surface area contributed by atoms with E-state index >= 15 is 0 Å². The summed E-state index contributed by atoms with van der Waals surface area (Å²) in [6, 6.07) is 6.43. The van der Waals surface area contributed by atoms with Crippen LogP contribution in [0.15, 0.2) is 41.1 Å². The van der Waals surface area contributed by atoms with E-state index in [-0.39, 0.29) is 40.3 Å². The van der Waals surface area contributed by atoms with Crippen LogP contribution in [0.5, 0.6) is 0 Å². The lowest BCUT2D eigenvalue weighted by molar-refractivity contribution is -0.384. The summed E-state index contributed by atoms with van der Waals surface area (Å²) in [6.45, 7) is 7.76. The fourth-order valence-electron chi connectivity index (χ4n) is 9.37. The number of fused-ring (bicyclic) bond motifs is 7. The van der Waals surface area contributed by atoms with Gasteiger partial charge in [0, 0.05) is 36.5 Å². The van der Waals surface area contributed by atoms with E-state index in [4.69, 9.17) is 9.57 Å². The second-order valence-electron chi connectivity index (χ2n) is 12.6. The number of Topliss-reactive ketones (excluding diaryl/α,β-unsaturated/α-hetero) is 1. The molecular formula is C30H36N2O6. The van der Waals surface area contributed by atoms with Gasteiger partial charge in [-0.1, -0.05) is 30.7 Å². The highest BCUT2D eigenvalue weighted by Crippen LogP contribution is 2.70. The number of hydrogen-bond acceptors (Lipinski definition) is 7. The number of non-ortho nitro benzene ring substituents is 1. The van der Waals surface area contributed by atoms with Crippen molar-refractivity contribution in [3.63, 3.8) is 0 Å². The number of nitro benzene ring substituents is 1. The summed E-state index contributed by atoms with van der Waals surface area (Å²) in [4.78, 5) is 42.1. The zero-order valence-electron chi connectivity index (χ0n) is 22.6. The highest BCUT2D eigenvalue weighted by atomic mass is 16.7. The van der Waals surface area contributed by atoms with Crippen LogP contribution in [0.1, 0.15) is 78.2 Å². The Morgan fingerprint density at radius 3 is 2.50 bits per heavy atom. The van der Waals surface area contributed by atoms with Gasteiger partial charge < -0.3 is 9.57 Å². The molecule has 0 aromatic heterocycles. The van der Waals surface area contributed by atoms with Crippen LogP contribution in [-0.2, 0) is 19.2 Å². The van der Waals surface area contributed by atoms with Crippen molar-refractivity contribution in [1.82, 2.24) is 0 Å². The Kier molecular flexibility index (Phi) is 5.64. The monoisotopic (exact) mass is 520 g/mol. The number of carbonyl (C=O) groups is 2. The molecule has 0 amide bonds. The van der Waals surface area contributed by atoms with Gasteiger partial charge in [0.25, 0.3) is 5.69 Å². The quantitative estimate of drug-likeness (QED) is 0.216. The molecule has 0 radical (unpaired) electrons. The first-order chi connectivity index (χ1) is 18.0. The number of oxime groups is 1. The van der Waals surface area contributed by atoms with Crippen LogP contribution in [0.25, 0.3) is 0 Å². The molecule has 202 valence electrons. The number of ether oxygens (including phenoxy) is 1. The van der Waals surface area contributed by atoms with Crippen molar-refractivity contribution in [2.75, 3.05) is 0 Å². The maximum atomic E-state index is 13.5. The number of nitrogens with zero attached hydrogens (tertiary/aromatic N) is 2. The van der Waals surface area contributed by atoms with E-state index in [1.165, 1.54) is 24.6 Å². The third kappa shape index (κ3) is 3.31. The largest absolute Gasteiger partial charge is 0.462 e. The molecule has 3 saturated carbocycles. The molecule has 1 aliphatic heterocycles. The van der Waals surface area contributed by atoms with Crippen molar-refractivity contribution in [1.29, 1.82) is 0 Å². The number of carbonyl (C=O) groups excluding carboxylic acids is 2. The Morgan fingerprint density at radius 2 is 1.84 bits per heavy atom. The summed E-state index contributed by atoms with van der Waals surface area (Å²) in [5, 5.41) is 15.7. The van der Waals surface area contributed by atoms with Gasteiger partial charge >= 0.3 is 5.97 Å². The normalized spacial score (nSPS) is 40.9. The standard InChI is InChI=1S/C30H36N2O6/c1-17(33)30-26(27(31-38-30)19-5-8-21(9-6-19)32(35)36)16-25-23-10-7-20-15-22(37-18(2)34)11-13-28(20,3)24(23)12-14-29(25,30)4/h5-9,22-26H,10-16H2,1-4H3/t22-,23+,24-,25-,26-,28-,29-,30+/m0/s1. The molecule has 1 aromatic carbocycles. The molecular weight excluding hydrogens is 484 g/mol. The van der Waals surface area contributed by atoms with Crippen LogP contribution >= 0.6 is 0 Å². The van der Waals surface area contributed by atoms with Gasteiger partial charge in [-0.15, -0.1) is 0 Å². The predicted octanol–water partition coefficient (Wildman–Crippen LogP) is 5.78. The van der Waals surface area contributed by atoms with E-state index in [0.29, 0.717) is 17.8 Å². The van der Waals surface area contributed by atoms with Crippen molar-refractivity contribution in [2.24, 2.45) is 39.7 Å². The average molecular weight is 521 g/mol. The second kappa shape index (κ2) is 8.48. The molecule has 3 fully saturated rings. The third-order valence-electron chi connectivity index (χ3n) is 11.1. The van der Waals surface area contributed by atoms with Gasteiger partial charge in [-0.25, -0.2) is 0 Å². The molecule has 1 aromatic rings. The number of nitro groups is 1. The summed E-state index contributed by atoms with van der Waals surface area (Å²) >= 11 is 0. The lowest BCUT2D eigenvalue weighted by atomic mass is 9.46. The van der Waals surface area contributed by atoms with Gasteiger partial charge in [0.05, 0.1) is 16.6 Å². The van der Waals surface area contributed by atoms with Crippen molar-refractivity contribution >= 4 is 23.2 Å². The van der Waals surface area contributed by atoms with Gasteiger partial charge in [-0.3, -0.25) is 19.7 Å². The molecule has 1 heterocycles. The number of ketones is 1. The molecule has 0 N–H and O–H groups in total. The number of allylic oxidation sites excluding steroid dienone is 1. The smallest absolute Gasteiger partial charge is 0.302 e. The molecule has 8 nitrogen and oxygen atoms in total. The highest BCUT2D eigenvalue weighted by Gasteiger charge is 2.74. The lowest BCUT2D eigenvalue weighted by Crippen LogP contribution is -2.58. The van der Waals surface area contributed by atoms with E-state index in [9.17, 15) is 19.7 Å². The van der Waals surface area contributed by atoms with Crippen LogP contribution < -0.4 is 0 Å². The molecule has 4 aliphatic carbocycles. The zero-order chi connectivity index (χ0) is 27.0. The van der Waals surface area contributed by atoms with Crippen molar-refractivity contribution < 1.29 is 24.1 Å². The van der Waals surface area contributed by atoms with Gasteiger partial charge in [0.1, 0.15) is 6.10 Å². The fourth-order valence-corrected chi connectivity index (χ4v) is 9.37. The van der Waals surface area contributed by atoms with Gasteiger partial charge in [-0.05, 0) is 80.8 Å². The van der Waals surface area contributed by atoms with Gasteiger partial charge in [0.2, 0.25) is 5.60 Å². The van der Waals surface area contributed by atoms with E-state index < -0.39 is 10.5 Å². The van der Waals surface area contributed by atoms with Crippen molar-refractivity contribution in [2.45, 2.75) is 84.3 Å². The summed E-state index contributed by atoms with van der Waals surface area (Å²) in [5.74, 6) is 0.899. The topological polar surface area (TPSA) is 108 Å². The lowest BCUT2D eigenvalue weighted by Gasteiger charge is -2.58. The van der Waals surface area contributed by atoms with Crippen molar-refractivity contribution in [3.05, 3.63) is 51.6 Å². The number of esters is 1. The molecule has 0 bridgehead atoms. The Bertz CT molecular complexity index is 1270. The van der Waals surface area contributed by atoms with Gasteiger partial charge in [0.15, 0.2) is 5.78 Å². The Hall–Kier alpha value is -3.03. The van der Waals surface area contributed by atoms with Crippen LogP contribution in [0, 0.1) is 44.6 Å². The van der Waals surface area contributed by atoms with Crippen LogP contribution in [0.4, 0.5) is 5.69 Å². The van der Waals surface area contributed by atoms with E-state index in [1.807, 2.05) is 0 Å². The molecule has 38 heavy (non-hydrogen) atoms. The molecule has 0 spiro atoms. The van der Waals surface area contributed by atoms with Crippen LogP contribution in [0.3, 0.4) is 0 Å². The molecule has 6 rings (SSSR count). The first-order valence-corrected chi connectivity index (χ1v) is 13.9. The minimum atomic E-state index is -1.00. The van der Waals surface area contributed by atoms with E-state index in [1.54, 1.807) is 19.1 Å². The van der Waals surface area contributed by atoms with Crippen LogP contribution in [-0.4, -0.2) is 34.1 Å². The third-order valence-corrected chi connectivity index (χ3v) is 11.1.